The molecule has 2 aliphatic heterocycles. The van der Waals surface area contributed by atoms with Crippen LogP contribution >= 0.6 is 23.1 Å². The van der Waals surface area contributed by atoms with Gasteiger partial charge in [0.05, 0.1) is 17.4 Å². The third-order valence-corrected chi connectivity index (χ3v) is 6.84. The van der Waals surface area contributed by atoms with Gasteiger partial charge in [0.25, 0.3) is 0 Å². The summed E-state index contributed by atoms with van der Waals surface area (Å²) in [6.07, 6.45) is 5.05. The third-order valence-electron chi connectivity index (χ3n) is 4.35. The number of rotatable bonds is 4. The second-order valence-electron chi connectivity index (χ2n) is 6.13. The molecule has 116 valence electrons. The highest BCUT2D eigenvalue weighted by molar-refractivity contribution is 8.01. The topological polar surface area (TPSA) is 38.2 Å². The maximum atomic E-state index is 6.06. The molecule has 2 aromatic rings. The van der Waals surface area contributed by atoms with Crippen molar-refractivity contribution in [2.75, 3.05) is 18.8 Å². The summed E-state index contributed by atoms with van der Waals surface area (Å²) < 4.78 is 6.47. The Kier molecular flexibility index (Phi) is 3.84. The van der Waals surface area contributed by atoms with Gasteiger partial charge in [0.2, 0.25) is 0 Å². The molecule has 1 unspecified atom stereocenters. The first-order valence-corrected chi connectivity index (χ1v) is 9.41. The monoisotopic (exact) mass is 333 g/mol. The van der Waals surface area contributed by atoms with Crippen molar-refractivity contribution >= 4 is 23.1 Å². The smallest absolute Gasteiger partial charge is 0.138 e. The zero-order valence-corrected chi connectivity index (χ0v) is 14.2. The average molecular weight is 333 g/mol. The predicted octanol–water partition coefficient (Wildman–Crippen LogP) is 2.99. The van der Waals surface area contributed by atoms with Gasteiger partial charge in [-0.2, -0.15) is 0 Å². The van der Waals surface area contributed by atoms with Gasteiger partial charge in [-0.25, -0.2) is 4.98 Å². The summed E-state index contributed by atoms with van der Waals surface area (Å²) in [7, 11) is 0. The van der Waals surface area contributed by atoms with E-state index < -0.39 is 0 Å². The van der Waals surface area contributed by atoms with E-state index in [2.05, 4.69) is 33.6 Å². The summed E-state index contributed by atoms with van der Waals surface area (Å²) in [6.45, 7) is 5.49. The highest BCUT2D eigenvalue weighted by Crippen LogP contribution is 2.46. The molecule has 4 nitrogen and oxygen atoms in total. The van der Waals surface area contributed by atoms with Crippen LogP contribution in [0.4, 0.5) is 0 Å². The molecule has 0 bridgehead atoms. The second-order valence-corrected chi connectivity index (χ2v) is 8.56. The molecule has 2 saturated heterocycles. The Morgan fingerprint density at radius 3 is 3.09 bits per heavy atom. The van der Waals surface area contributed by atoms with Crippen LogP contribution in [-0.2, 0) is 6.54 Å². The minimum atomic E-state index is 0.321. The normalized spacial score (nSPS) is 23.6. The quantitative estimate of drug-likeness (QED) is 0.860. The van der Waals surface area contributed by atoms with E-state index in [1.165, 1.54) is 23.7 Å². The highest BCUT2D eigenvalue weighted by atomic mass is 32.2. The molecular weight excluding hydrogens is 314 g/mol. The van der Waals surface area contributed by atoms with Crippen LogP contribution in [0.3, 0.4) is 0 Å². The molecular formula is C16H19N3OS2. The minimum Gasteiger partial charge on any atom is -0.488 e. The number of hydrogen-bond donors (Lipinski definition) is 0. The molecule has 0 aliphatic carbocycles. The van der Waals surface area contributed by atoms with E-state index in [9.17, 15) is 0 Å². The van der Waals surface area contributed by atoms with Crippen LogP contribution in [0.15, 0.2) is 30.0 Å². The lowest BCUT2D eigenvalue weighted by Gasteiger charge is -2.47. The minimum absolute atomic E-state index is 0.321. The fourth-order valence-electron chi connectivity index (χ4n) is 3.27. The Balaban J connectivity index is 1.30. The predicted molar refractivity (Wildman–Crippen MR) is 90.6 cm³/mol. The molecule has 2 aromatic heterocycles. The number of ether oxygens (including phenoxy) is 1. The Hall–Kier alpha value is -1.11. The van der Waals surface area contributed by atoms with Crippen molar-refractivity contribution in [2.45, 2.75) is 30.7 Å². The van der Waals surface area contributed by atoms with Gasteiger partial charge < -0.3 is 4.74 Å². The van der Waals surface area contributed by atoms with Crippen LogP contribution in [0.25, 0.3) is 0 Å². The van der Waals surface area contributed by atoms with E-state index in [0.29, 0.717) is 10.9 Å². The molecule has 0 aromatic carbocycles. The van der Waals surface area contributed by atoms with Crippen molar-refractivity contribution in [3.05, 3.63) is 40.6 Å². The number of hydrogen-bond acceptors (Lipinski definition) is 6. The summed E-state index contributed by atoms with van der Waals surface area (Å²) >= 11 is 3.85. The second kappa shape index (κ2) is 5.83. The maximum absolute atomic E-state index is 6.06. The van der Waals surface area contributed by atoms with Gasteiger partial charge in [0, 0.05) is 47.6 Å². The first kappa shape index (κ1) is 14.5. The molecule has 4 rings (SSSR count). The van der Waals surface area contributed by atoms with Gasteiger partial charge in [-0.15, -0.1) is 23.1 Å². The van der Waals surface area contributed by atoms with E-state index in [1.807, 2.05) is 17.6 Å². The van der Waals surface area contributed by atoms with E-state index in [1.54, 1.807) is 23.7 Å². The van der Waals surface area contributed by atoms with Crippen molar-refractivity contribution in [1.82, 2.24) is 14.9 Å². The lowest BCUT2D eigenvalue weighted by molar-refractivity contribution is 0.0927. The van der Waals surface area contributed by atoms with E-state index in [4.69, 9.17) is 4.74 Å². The van der Waals surface area contributed by atoms with Gasteiger partial charge in [-0.05, 0) is 19.1 Å². The number of pyridine rings is 1. The molecule has 0 saturated carbocycles. The van der Waals surface area contributed by atoms with Gasteiger partial charge >= 0.3 is 0 Å². The van der Waals surface area contributed by atoms with Crippen molar-refractivity contribution in [3.63, 3.8) is 0 Å². The third kappa shape index (κ3) is 2.87. The Morgan fingerprint density at radius 2 is 2.36 bits per heavy atom. The number of aryl methyl sites for hydroxylation is 1. The molecule has 22 heavy (non-hydrogen) atoms. The lowest BCUT2D eigenvalue weighted by Crippen LogP contribution is -2.58. The van der Waals surface area contributed by atoms with Crippen LogP contribution < -0.4 is 4.74 Å². The summed E-state index contributed by atoms with van der Waals surface area (Å²) in [5.41, 5.74) is 3.13. The molecule has 2 fully saturated rings. The fourth-order valence-corrected chi connectivity index (χ4v) is 5.66. The summed E-state index contributed by atoms with van der Waals surface area (Å²) in [6, 6.07) is 3.91. The zero-order valence-electron chi connectivity index (χ0n) is 12.6. The standard InChI is InChI=1S/C16H19N3OS2/c1-12-15(21-11-18-12)7-19-9-16(10-19)5-14(8-22-16)20-13-3-2-4-17-6-13/h2-4,6,11,14H,5,7-10H2,1H3. The van der Waals surface area contributed by atoms with E-state index >= 15 is 0 Å². The van der Waals surface area contributed by atoms with Crippen molar-refractivity contribution in [2.24, 2.45) is 0 Å². The van der Waals surface area contributed by atoms with Crippen molar-refractivity contribution in [1.29, 1.82) is 0 Å². The fraction of sp³-hybridized carbons (Fsp3) is 0.500. The van der Waals surface area contributed by atoms with Gasteiger partial charge in [0.15, 0.2) is 0 Å². The SMILES string of the molecule is Cc1ncsc1CN1CC2(CC(Oc3cccnc3)CS2)C1. The largest absolute Gasteiger partial charge is 0.488 e. The molecule has 4 heterocycles. The Bertz CT molecular complexity index is 640. The van der Waals surface area contributed by atoms with Crippen LogP contribution in [0.2, 0.25) is 0 Å². The average Bonchev–Trinajstić information content (AvgIpc) is 3.07. The number of likely N-dealkylation sites (tertiary alicyclic amines) is 1. The Labute approximate surface area is 138 Å². The summed E-state index contributed by atoms with van der Waals surface area (Å²) in [4.78, 5) is 12.4. The highest BCUT2D eigenvalue weighted by Gasteiger charge is 2.49. The first-order chi connectivity index (χ1) is 10.7. The molecule has 0 amide bonds. The van der Waals surface area contributed by atoms with Crippen LogP contribution in [0, 0.1) is 6.92 Å². The van der Waals surface area contributed by atoms with E-state index in [0.717, 1.165) is 24.5 Å². The van der Waals surface area contributed by atoms with Gasteiger partial charge in [0.1, 0.15) is 11.9 Å². The maximum Gasteiger partial charge on any atom is 0.138 e. The molecule has 2 aliphatic rings. The van der Waals surface area contributed by atoms with Crippen LogP contribution in [0.1, 0.15) is 17.0 Å². The molecule has 6 heteroatoms. The number of thioether (sulfide) groups is 1. The van der Waals surface area contributed by atoms with Crippen molar-refractivity contribution < 1.29 is 4.74 Å². The molecule has 0 N–H and O–H groups in total. The lowest BCUT2D eigenvalue weighted by atomic mass is 9.93. The molecule has 0 radical (unpaired) electrons. The van der Waals surface area contributed by atoms with Crippen molar-refractivity contribution in [3.8, 4) is 5.75 Å². The number of aromatic nitrogens is 2. The van der Waals surface area contributed by atoms with E-state index in [-0.39, 0.29) is 0 Å². The Morgan fingerprint density at radius 1 is 1.45 bits per heavy atom. The zero-order chi connectivity index (χ0) is 15.0. The van der Waals surface area contributed by atoms with Gasteiger partial charge in [-0.1, -0.05) is 0 Å². The summed E-state index contributed by atoms with van der Waals surface area (Å²) in [5, 5.41) is 0. The first-order valence-electron chi connectivity index (χ1n) is 7.54. The molecule has 1 atom stereocenters. The number of thiazole rings is 1. The summed E-state index contributed by atoms with van der Waals surface area (Å²) in [5.74, 6) is 1.98. The number of nitrogens with zero attached hydrogens (tertiary/aromatic N) is 3. The van der Waals surface area contributed by atoms with Gasteiger partial charge in [-0.3, -0.25) is 9.88 Å². The van der Waals surface area contributed by atoms with Crippen LogP contribution in [0.5, 0.6) is 5.75 Å². The van der Waals surface area contributed by atoms with Crippen LogP contribution in [-0.4, -0.2) is 44.6 Å². The molecule has 1 spiro atoms.